The molecule has 0 aliphatic heterocycles. The summed E-state index contributed by atoms with van der Waals surface area (Å²) in [5, 5.41) is -1.60. The second kappa shape index (κ2) is 11.1. The fourth-order valence-corrected chi connectivity index (χ4v) is 3.13. The highest BCUT2D eigenvalue weighted by molar-refractivity contribution is 6.26. The van der Waals surface area contributed by atoms with E-state index in [-0.39, 0.29) is 12.3 Å². The first kappa shape index (κ1) is 23.0. The van der Waals surface area contributed by atoms with Crippen LogP contribution in [0.2, 0.25) is 0 Å². The van der Waals surface area contributed by atoms with Crippen molar-refractivity contribution in [1.82, 2.24) is 0 Å². The number of unbranched alkanes of at least 4 members (excludes halogenated alkanes) is 2. The molecule has 5 nitrogen and oxygen atoms in total. The van der Waals surface area contributed by atoms with Crippen LogP contribution >= 0.6 is 11.6 Å². The number of esters is 2. The van der Waals surface area contributed by atoms with Crippen LogP contribution in [0, 0.1) is 11.8 Å². The summed E-state index contributed by atoms with van der Waals surface area (Å²) in [6.07, 6.45) is 9.86. The Bertz CT molecular complexity index is 738. The van der Waals surface area contributed by atoms with Gasteiger partial charge in [-0.2, -0.15) is 0 Å². The number of rotatable bonds is 10. The molecule has 0 saturated carbocycles. The minimum atomic E-state index is -1.60. The lowest BCUT2D eigenvalue weighted by atomic mass is 9.96. The molecule has 0 heterocycles. The second-order valence-electron chi connectivity index (χ2n) is 7.44. The number of carbonyl (C=O) groups excluding carboxylic acids is 2. The summed E-state index contributed by atoms with van der Waals surface area (Å²) in [6, 6.07) is 6.83. The number of benzene rings is 1. The molecule has 0 amide bonds. The zero-order chi connectivity index (χ0) is 21.3. The lowest BCUT2D eigenvalue weighted by molar-refractivity contribution is -0.156. The first-order valence-corrected chi connectivity index (χ1v) is 10.4. The van der Waals surface area contributed by atoms with Crippen molar-refractivity contribution in [2.24, 2.45) is 11.8 Å². The van der Waals surface area contributed by atoms with Crippen molar-refractivity contribution >= 4 is 23.5 Å². The van der Waals surface area contributed by atoms with Crippen LogP contribution in [0.15, 0.2) is 48.6 Å². The Morgan fingerprint density at radius 2 is 1.79 bits per heavy atom. The SMILES string of the molecule is CCCCCOc1ccc(OC(=O)C2C=CC=CC2(Cl)OC(=O)CC(C)C)cc1. The second-order valence-corrected chi connectivity index (χ2v) is 8.03. The average molecular weight is 421 g/mol. The van der Waals surface area contributed by atoms with Gasteiger partial charge in [0.25, 0.3) is 0 Å². The standard InChI is InChI=1S/C23H29ClO5/c1-4-5-8-15-27-18-10-12-19(13-11-18)28-22(26)20-9-6-7-14-23(20,24)29-21(25)16-17(2)3/h6-7,9-14,17,20H,4-5,8,15-16H2,1-3H3. The van der Waals surface area contributed by atoms with E-state index < -0.39 is 22.9 Å². The third-order valence-electron chi connectivity index (χ3n) is 4.32. The van der Waals surface area contributed by atoms with Crippen LogP contribution < -0.4 is 9.47 Å². The summed E-state index contributed by atoms with van der Waals surface area (Å²) >= 11 is 6.49. The van der Waals surface area contributed by atoms with E-state index in [0.717, 1.165) is 25.0 Å². The molecule has 0 bridgehead atoms. The summed E-state index contributed by atoms with van der Waals surface area (Å²) in [6.45, 7) is 6.60. The Morgan fingerprint density at radius 1 is 1.10 bits per heavy atom. The highest BCUT2D eigenvalue weighted by Crippen LogP contribution is 2.35. The molecule has 29 heavy (non-hydrogen) atoms. The summed E-state index contributed by atoms with van der Waals surface area (Å²) in [4.78, 5) is 24.8. The zero-order valence-corrected chi connectivity index (χ0v) is 18.0. The molecule has 0 radical (unpaired) electrons. The van der Waals surface area contributed by atoms with E-state index in [0.29, 0.717) is 12.4 Å². The number of halogens is 1. The molecule has 2 unspecified atom stereocenters. The summed E-state index contributed by atoms with van der Waals surface area (Å²) in [7, 11) is 0. The minimum Gasteiger partial charge on any atom is -0.494 e. The summed E-state index contributed by atoms with van der Waals surface area (Å²) < 4.78 is 16.5. The number of hydrogen-bond acceptors (Lipinski definition) is 5. The Kier molecular flexibility index (Phi) is 8.77. The number of allylic oxidation sites excluding steroid dienone is 2. The minimum absolute atomic E-state index is 0.124. The van der Waals surface area contributed by atoms with Crippen LogP contribution in [-0.4, -0.2) is 23.6 Å². The van der Waals surface area contributed by atoms with Crippen LogP contribution in [0.4, 0.5) is 0 Å². The van der Waals surface area contributed by atoms with E-state index >= 15 is 0 Å². The van der Waals surface area contributed by atoms with Gasteiger partial charge in [-0.05, 0) is 42.7 Å². The summed E-state index contributed by atoms with van der Waals surface area (Å²) in [5.41, 5.74) is 0. The summed E-state index contributed by atoms with van der Waals surface area (Å²) in [5.74, 6) is -0.803. The normalized spacial score (nSPS) is 20.5. The van der Waals surface area contributed by atoms with Gasteiger partial charge in [0.1, 0.15) is 17.4 Å². The molecule has 0 saturated heterocycles. The molecule has 6 heteroatoms. The fraction of sp³-hybridized carbons (Fsp3) is 0.478. The maximum atomic E-state index is 12.7. The van der Waals surface area contributed by atoms with Crippen molar-refractivity contribution in [2.45, 2.75) is 51.5 Å². The molecule has 0 fully saturated rings. The Balaban J connectivity index is 1.98. The molecular formula is C23H29ClO5. The zero-order valence-electron chi connectivity index (χ0n) is 17.2. The topological polar surface area (TPSA) is 61.8 Å². The molecule has 1 aromatic carbocycles. The van der Waals surface area contributed by atoms with Gasteiger partial charge in [-0.3, -0.25) is 9.59 Å². The van der Waals surface area contributed by atoms with Gasteiger partial charge >= 0.3 is 11.9 Å². The lowest BCUT2D eigenvalue weighted by Crippen LogP contribution is -2.42. The van der Waals surface area contributed by atoms with E-state index in [1.165, 1.54) is 6.08 Å². The molecule has 1 aliphatic carbocycles. The van der Waals surface area contributed by atoms with Crippen LogP contribution in [0.5, 0.6) is 11.5 Å². The van der Waals surface area contributed by atoms with E-state index in [9.17, 15) is 9.59 Å². The van der Waals surface area contributed by atoms with E-state index in [2.05, 4.69) is 6.92 Å². The van der Waals surface area contributed by atoms with Gasteiger partial charge in [-0.1, -0.05) is 63.4 Å². The van der Waals surface area contributed by atoms with Crippen LogP contribution in [0.1, 0.15) is 46.5 Å². The van der Waals surface area contributed by atoms with Crippen LogP contribution in [0.3, 0.4) is 0 Å². The maximum Gasteiger partial charge on any atom is 0.324 e. The number of hydrogen-bond donors (Lipinski definition) is 0. The molecule has 1 aromatic rings. The van der Waals surface area contributed by atoms with Gasteiger partial charge in [0.05, 0.1) is 6.61 Å². The number of ether oxygens (including phenoxy) is 3. The highest BCUT2D eigenvalue weighted by atomic mass is 35.5. The third kappa shape index (κ3) is 7.24. The Hall–Kier alpha value is -2.27. The van der Waals surface area contributed by atoms with Crippen molar-refractivity contribution in [3.05, 3.63) is 48.6 Å². The Labute approximate surface area is 177 Å². The molecule has 158 valence electrons. The van der Waals surface area contributed by atoms with Gasteiger partial charge in [-0.15, -0.1) is 0 Å². The Morgan fingerprint density at radius 3 is 2.45 bits per heavy atom. The van der Waals surface area contributed by atoms with Crippen molar-refractivity contribution < 1.29 is 23.8 Å². The fourth-order valence-electron chi connectivity index (χ4n) is 2.81. The molecule has 2 atom stereocenters. The maximum absolute atomic E-state index is 12.7. The molecule has 0 aromatic heterocycles. The number of carbonyl (C=O) groups is 2. The van der Waals surface area contributed by atoms with Crippen molar-refractivity contribution in [2.75, 3.05) is 6.61 Å². The van der Waals surface area contributed by atoms with Gasteiger partial charge < -0.3 is 14.2 Å². The van der Waals surface area contributed by atoms with Crippen LogP contribution in [-0.2, 0) is 14.3 Å². The molecule has 2 rings (SSSR count). The van der Waals surface area contributed by atoms with E-state index in [1.807, 2.05) is 13.8 Å². The van der Waals surface area contributed by atoms with Gasteiger partial charge in [0, 0.05) is 6.42 Å². The predicted octanol–water partition coefficient (Wildman–Crippen LogP) is 5.43. The number of alkyl halides is 1. The third-order valence-corrected chi connectivity index (χ3v) is 4.76. The largest absolute Gasteiger partial charge is 0.494 e. The van der Waals surface area contributed by atoms with Gasteiger partial charge in [0.2, 0.25) is 5.06 Å². The first-order valence-electron chi connectivity index (χ1n) is 10.1. The molecule has 0 N–H and O–H groups in total. The molecule has 0 spiro atoms. The first-order chi connectivity index (χ1) is 13.8. The highest BCUT2D eigenvalue weighted by Gasteiger charge is 2.44. The lowest BCUT2D eigenvalue weighted by Gasteiger charge is -2.31. The van der Waals surface area contributed by atoms with Crippen molar-refractivity contribution in [3.63, 3.8) is 0 Å². The quantitative estimate of drug-likeness (QED) is 0.218. The van der Waals surface area contributed by atoms with Crippen molar-refractivity contribution in [3.8, 4) is 11.5 Å². The van der Waals surface area contributed by atoms with Crippen molar-refractivity contribution in [1.29, 1.82) is 0 Å². The monoisotopic (exact) mass is 420 g/mol. The van der Waals surface area contributed by atoms with E-state index in [1.54, 1.807) is 42.5 Å². The smallest absolute Gasteiger partial charge is 0.324 e. The average Bonchev–Trinajstić information content (AvgIpc) is 2.65. The van der Waals surface area contributed by atoms with Gasteiger partial charge in [0.15, 0.2) is 0 Å². The van der Waals surface area contributed by atoms with Crippen LogP contribution in [0.25, 0.3) is 0 Å². The van der Waals surface area contributed by atoms with Gasteiger partial charge in [-0.25, -0.2) is 0 Å². The molecular weight excluding hydrogens is 392 g/mol. The predicted molar refractivity (Wildman–Crippen MR) is 113 cm³/mol. The molecule has 1 aliphatic rings. The van der Waals surface area contributed by atoms with E-state index in [4.69, 9.17) is 25.8 Å².